The summed E-state index contributed by atoms with van der Waals surface area (Å²) in [4.78, 5) is 16.4. The zero-order chi connectivity index (χ0) is 18.4. The van der Waals surface area contributed by atoms with Gasteiger partial charge in [-0.25, -0.2) is 4.79 Å². The third-order valence-electron chi connectivity index (χ3n) is 3.76. The number of urea groups is 1. The van der Waals surface area contributed by atoms with E-state index >= 15 is 0 Å². The van der Waals surface area contributed by atoms with E-state index < -0.39 is 0 Å². The predicted octanol–water partition coefficient (Wildman–Crippen LogP) is 4.15. The van der Waals surface area contributed by atoms with Crippen LogP contribution in [0.4, 0.5) is 10.5 Å². The minimum absolute atomic E-state index is 0.325. The summed E-state index contributed by atoms with van der Waals surface area (Å²) in [6.07, 6.45) is 3.55. The standard InChI is InChI=1S/C19H19N3O3S/c1-24-16-3-4-17(18(8-16)25-2)22-19(23)21-10-13-7-15(11-20-9-13)14-5-6-26-12-14/h3-9,11-12H,10H2,1-2H3,(H2,21,22,23). The molecule has 26 heavy (non-hydrogen) atoms. The van der Waals surface area contributed by atoms with Crippen molar-refractivity contribution in [2.45, 2.75) is 6.54 Å². The molecule has 0 unspecified atom stereocenters. The molecule has 0 aliphatic carbocycles. The van der Waals surface area contributed by atoms with E-state index in [0.29, 0.717) is 23.7 Å². The van der Waals surface area contributed by atoms with Gasteiger partial charge in [0.25, 0.3) is 0 Å². The largest absolute Gasteiger partial charge is 0.497 e. The summed E-state index contributed by atoms with van der Waals surface area (Å²) in [5, 5.41) is 9.69. The molecule has 6 nitrogen and oxygen atoms in total. The van der Waals surface area contributed by atoms with Gasteiger partial charge in [0.2, 0.25) is 0 Å². The molecule has 2 heterocycles. The average molecular weight is 369 g/mol. The molecule has 2 N–H and O–H groups in total. The number of hydrogen-bond donors (Lipinski definition) is 2. The molecular weight excluding hydrogens is 350 g/mol. The van der Waals surface area contributed by atoms with Gasteiger partial charge in [0.1, 0.15) is 11.5 Å². The van der Waals surface area contributed by atoms with Crippen LogP contribution in [0.25, 0.3) is 11.1 Å². The summed E-state index contributed by atoms with van der Waals surface area (Å²) in [7, 11) is 3.12. The minimum atomic E-state index is -0.325. The van der Waals surface area contributed by atoms with Gasteiger partial charge in [-0.2, -0.15) is 11.3 Å². The molecule has 0 fully saturated rings. The number of thiophene rings is 1. The molecule has 134 valence electrons. The van der Waals surface area contributed by atoms with E-state index in [1.807, 2.05) is 23.7 Å². The van der Waals surface area contributed by atoms with Crippen LogP contribution in [-0.4, -0.2) is 25.2 Å². The molecule has 3 aromatic rings. The molecule has 1 aromatic carbocycles. The number of methoxy groups -OCH3 is 2. The number of hydrogen-bond acceptors (Lipinski definition) is 5. The van der Waals surface area contributed by atoms with Gasteiger partial charge in [-0.3, -0.25) is 4.98 Å². The summed E-state index contributed by atoms with van der Waals surface area (Å²) in [5.74, 6) is 1.18. The van der Waals surface area contributed by atoms with Gasteiger partial charge in [0.05, 0.1) is 19.9 Å². The summed E-state index contributed by atoms with van der Waals surface area (Å²) < 4.78 is 10.4. The fourth-order valence-electron chi connectivity index (χ4n) is 2.42. The highest BCUT2D eigenvalue weighted by Gasteiger charge is 2.09. The zero-order valence-corrected chi connectivity index (χ0v) is 15.3. The van der Waals surface area contributed by atoms with Crippen molar-refractivity contribution in [1.82, 2.24) is 10.3 Å². The molecule has 7 heteroatoms. The van der Waals surface area contributed by atoms with Gasteiger partial charge in [-0.15, -0.1) is 0 Å². The molecule has 3 rings (SSSR count). The smallest absolute Gasteiger partial charge is 0.319 e. The van der Waals surface area contributed by atoms with Crippen molar-refractivity contribution in [3.63, 3.8) is 0 Å². The summed E-state index contributed by atoms with van der Waals surface area (Å²) >= 11 is 1.64. The van der Waals surface area contributed by atoms with Crippen molar-refractivity contribution in [3.8, 4) is 22.6 Å². The maximum Gasteiger partial charge on any atom is 0.319 e. The first-order valence-corrected chi connectivity index (χ1v) is 8.87. The number of ether oxygens (including phenoxy) is 2. The number of pyridine rings is 1. The second-order valence-electron chi connectivity index (χ2n) is 5.47. The number of nitrogens with zero attached hydrogens (tertiary/aromatic N) is 1. The van der Waals surface area contributed by atoms with E-state index in [0.717, 1.165) is 16.7 Å². The van der Waals surface area contributed by atoms with Crippen molar-refractivity contribution < 1.29 is 14.3 Å². The second kappa shape index (κ2) is 8.35. The predicted molar refractivity (Wildman–Crippen MR) is 103 cm³/mol. The Hall–Kier alpha value is -3.06. The molecule has 0 aliphatic heterocycles. The lowest BCUT2D eigenvalue weighted by atomic mass is 10.1. The second-order valence-corrected chi connectivity index (χ2v) is 6.25. The van der Waals surface area contributed by atoms with Crippen LogP contribution in [0.5, 0.6) is 11.5 Å². The number of rotatable bonds is 6. The quantitative estimate of drug-likeness (QED) is 0.685. The summed E-state index contributed by atoms with van der Waals surface area (Å²) in [5.41, 5.74) is 3.64. The highest BCUT2D eigenvalue weighted by Crippen LogP contribution is 2.29. The van der Waals surface area contributed by atoms with E-state index in [4.69, 9.17) is 9.47 Å². The van der Waals surface area contributed by atoms with Gasteiger partial charge in [-0.05, 0) is 46.2 Å². The first kappa shape index (κ1) is 17.8. The molecular formula is C19H19N3O3S. The Morgan fingerprint density at radius 3 is 2.73 bits per heavy atom. The van der Waals surface area contributed by atoms with E-state index in [-0.39, 0.29) is 6.03 Å². The number of aromatic nitrogens is 1. The lowest BCUT2D eigenvalue weighted by Gasteiger charge is -2.12. The van der Waals surface area contributed by atoms with Crippen molar-refractivity contribution >= 4 is 23.1 Å². The first-order valence-electron chi connectivity index (χ1n) is 7.93. The molecule has 2 amide bonds. The highest BCUT2D eigenvalue weighted by atomic mass is 32.1. The maximum absolute atomic E-state index is 12.2. The molecule has 0 spiro atoms. The fraction of sp³-hybridized carbons (Fsp3) is 0.158. The van der Waals surface area contributed by atoms with Crippen molar-refractivity contribution in [3.05, 3.63) is 59.0 Å². The number of amides is 2. The third kappa shape index (κ3) is 4.31. The summed E-state index contributed by atoms with van der Waals surface area (Å²) in [6.45, 7) is 0.370. The Labute approximate surface area is 155 Å². The molecule has 0 saturated carbocycles. The van der Waals surface area contributed by atoms with Gasteiger partial charge >= 0.3 is 6.03 Å². The van der Waals surface area contributed by atoms with E-state index in [1.165, 1.54) is 0 Å². The monoisotopic (exact) mass is 369 g/mol. The molecule has 0 aliphatic rings. The van der Waals surface area contributed by atoms with Crippen molar-refractivity contribution in [1.29, 1.82) is 0 Å². The van der Waals surface area contributed by atoms with E-state index in [9.17, 15) is 4.79 Å². The van der Waals surface area contributed by atoms with Crippen LogP contribution in [0.1, 0.15) is 5.56 Å². The Kier molecular flexibility index (Phi) is 5.70. The Bertz CT molecular complexity index is 881. The average Bonchev–Trinajstić information content (AvgIpc) is 3.22. The van der Waals surface area contributed by atoms with Crippen LogP contribution < -0.4 is 20.1 Å². The molecule has 2 aromatic heterocycles. The number of carbonyl (C=O) groups is 1. The number of carbonyl (C=O) groups excluding carboxylic acids is 1. The van der Waals surface area contributed by atoms with Gasteiger partial charge in [0, 0.05) is 30.6 Å². The van der Waals surface area contributed by atoms with Gasteiger partial charge in [0.15, 0.2) is 0 Å². The SMILES string of the molecule is COc1ccc(NC(=O)NCc2cncc(-c3ccsc3)c2)c(OC)c1. The van der Waals surface area contributed by atoms with Crippen LogP contribution in [0.15, 0.2) is 53.5 Å². The van der Waals surface area contributed by atoms with Crippen molar-refractivity contribution in [2.24, 2.45) is 0 Å². The maximum atomic E-state index is 12.2. The summed E-state index contributed by atoms with van der Waals surface area (Å²) in [6, 6.07) is 8.94. The molecule has 0 radical (unpaired) electrons. The van der Waals surface area contributed by atoms with E-state index in [2.05, 4.69) is 21.0 Å². The van der Waals surface area contributed by atoms with Crippen LogP contribution >= 0.6 is 11.3 Å². The fourth-order valence-corrected chi connectivity index (χ4v) is 3.09. The Morgan fingerprint density at radius 2 is 2.00 bits per heavy atom. The third-order valence-corrected chi connectivity index (χ3v) is 4.44. The number of benzene rings is 1. The normalized spacial score (nSPS) is 10.2. The molecule has 0 atom stereocenters. The lowest BCUT2D eigenvalue weighted by molar-refractivity contribution is 0.251. The topological polar surface area (TPSA) is 72.5 Å². The minimum Gasteiger partial charge on any atom is -0.497 e. The van der Waals surface area contributed by atoms with Crippen LogP contribution in [0, 0.1) is 0 Å². The van der Waals surface area contributed by atoms with Crippen LogP contribution in [-0.2, 0) is 6.54 Å². The zero-order valence-electron chi connectivity index (χ0n) is 14.5. The molecule has 0 saturated heterocycles. The first-order chi connectivity index (χ1) is 12.7. The Morgan fingerprint density at radius 1 is 1.12 bits per heavy atom. The Balaban J connectivity index is 1.62. The van der Waals surface area contributed by atoms with Gasteiger partial charge < -0.3 is 20.1 Å². The lowest BCUT2D eigenvalue weighted by Crippen LogP contribution is -2.28. The van der Waals surface area contributed by atoms with E-state index in [1.54, 1.807) is 50.0 Å². The van der Waals surface area contributed by atoms with Crippen LogP contribution in [0.2, 0.25) is 0 Å². The number of anilines is 1. The highest BCUT2D eigenvalue weighted by molar-refractivity contribution is 7.08. The van der Waals surface area contributed by atoms with Crippen LogP contribution in [0.3, 0.4) is 0 Å². The van der Waals surface area contributed by atoms with Gasteiger partial charge in [-0.1, -0.05) is 0 Å². The van der Waals surface area contributed by atoms with Crippen molar-refractivity contribution in [2.75, 3.05) is 19.5 Å². The number of nitrogens with one attached hydrogen (secondary N) is 2. The molecule has 0 bridgehead atoms.